The largest absolute Gasteiger partial charge is 0.379 e. The molecule has 3 rings (SSSR count). The highest BCUT2D eigenvalue weighted by atomic mass is 32.2. The van der Waals surface area contributed by atoms with Crippen molar-refractivity contribution in [1.29, 1.82) is 0 Å². The van der Waals surface area contributed by atoms with Gasteiger partial charge in [0.15, 0.2) is 0 Å². The van der Waals surface area contributed by atoms with Gasteiger partial charge in [-0.3, -0.25) is 4.79 Å². The molecule has 1 atom stereocenters. The van der Waals surface area contributed by atoms with Gasteiger partial charge in [-0.1, -0.05) is 13.8 Å². The number of amides is 1. The van der Waals surface area contributed by atoms with Gasteiger partial charge < -0.3 is 14.6 Å². The minimum absolute atomic E-state index is 0.122. The Morgan fingerprint density at radius 1 is 1.32 bits per heavy atom. The molecule has 0 spiro atoms. The molecular weight excluding hydrogens is 342 g/mol. The van der Waals surface area contributed by atoms with Crippen molar-refractivity contribution in [1.82, 2.24) is 14.2 Å². The normalized spacial score (nSPS) is 25.9. The maximum Gasteiger partial charge on any atom is 0.270 e. The summed E-state index contributed by atoms with van der Waals surface area (Å²) in [5, 5.41) is 0. The first kappa shape index (κ1) is 18.4. The van der Waals surface area contributed by atoms with Gasteiger partial charge in [-0.25, -0.2) is 8.42 Å². The smallest absolute Gasteiger partial charge is 0.270 e. The first-order valence-corrected chi connectivity index (χ1v) is 10.4. The van der Waals surface area contributed by atoms with E-state index in [1.807, 2.05) is 4.90 Å². The Hall–Kier alpha value is -1.38. The van der Waals surface area contributed by atoms with E-state index in [2.05, 4.69) is 18.8 Å². The van der Waals surface area contributed by atoms with Gasteiger partial charge in [0.1, 0.15) is 10.6 Å². The van der Waals surface area contributed by atoms with Crippen LogP contribution in [0.25, 0.3) is 0 Å². The van der Waals surface area contributed by atoms with Crippen molar-refractivity contribution >= 4 is 15.9 Å². The number of nitrogens with zero attached hydrogens (tertiary/aromatic N) is 2. The summed E-state index contributed by atoms with van der Waals surface area (Å²) in [5.74, 6) is -0.122. The van der Waals surface area contributed by atoms with E-state index in [1.54, 1.807) is 0 Å². The zero-order chi connectivity index (χ0) is 18.1. The highest BCUT2D eigenvalue weighted by Gasteiger charge is 2.33. The molecule has 3 heterocycles. The molecule has 0 bridgehead atoms. The molecule has 0 saturated carbocycles. The van der Waals surface area contributed by atoms with Gasteiger partial charge in [-0.2, -0.15) is 4.31 Å². The number of nitrogens with one attached hydrogen (secondary N) is 1. The molecule has 2 fully saturated rings. The average molecular weight is 369 g/mol. The third-order valence-electron chi connectivity index (χ3n) is 5.42. The summed E-state index contributed by atoms with van der Waals surface area (Å²) in [4.78, 5) is 17.6. The van der Waals surface area contributed by atoms with Gasteiger partial charge in [0.25, 0.3) is 5.91 Å². The van der Waals surface area contributed by atoms with Crippen LogP contribution in [0.5, 0.6) is 0 Å². The SMILES string of the molecule is CCC1(C)CCCN(C(=O)c2cc(S(=O)(=O)N3CCOCC3)c[nH]2)C1. The van der Waals surface area contributed by atoms with Crippen molar-refractivity contribution in [3.8, 4) is 0 Å². The van der Waals surface area contributed by atoms with Crippen LogP contribution in [0.4, 0.5) is 0 Å². The summed E-state index contributed by atoms with van der Waals surface area (Å²) >= 11 is 0. The number of sulfonamides is 1. The molecule has 1 aromatic heterocycles. The molecule has 1 aromatic rings. The van der Waals surface area contributed by atoms with Crippen LogP contribution in [0, 0.1) is 5.41 Å². The van der Waals surface area contributed by atoms with Crippen molar-refractivity contribution in [2.24, 2.45) is 5.41 Å². The van der Waals surface area contributed by atoms with Crippen molar-refractivity contribution in [2.45, 2.75) is 38.0 Å². The second kappa shape index (κ2) is 7.09. The van der Waals surface area contributed by atoms with Gasteiger partial charge in [0.2, 0.25) is 10.0 Å². The zero-order valence-corrected chi connectivity index (χ0v) is 15.8. The number of hydrogen-bond donors (Lipinski definition) is 1. The molecule has 1 amide bonds. The highest BCUT2D eigenvalue weighted by molar-refractivity contribution is 7.89. The molecule has 7 nitrogen and oxygen atoms in total. The molecule has 2 saturated heterocycles. The number of H-pyrrole nitrogens is 1. The number of rotatable bonds is 4. The van der Waals surface area contributed by atoms with Crippen molar-refractivity contribution in [3.63, 3.8) is 0 Å². The van der Waals surface area contributed by atoms with Crippen molar-refractivity contribution < 1.29 is 17.9 Å². The number of likely N-dealkylation sites (tertiary alicyclic amines) is 1. The van der Waals surface area contributed by atoms with Crippen LogP contribution in [0.3, 0.4) is 0 Å². The number of carbonyl (C=O) groups is 1. The Morgan fingerprint density at radius 2 is 2.04 bits per heavy atom. The Morgan fingerprint density at radius 3 is 2.72 bits per heavy atom. The number of hydrogen-bond acceptors (Lipinski definition) is 4. The third kappa shape index (κ3) is 3.75. The molecular formula is C17H27N3O4S. The van der Waals surface area contributed by atoms with Crippen molar-refractivity contribution in [3.05, 3.63) is 18.0 Å². The van der Waals surface area contributed by atoms with E-state index in [1.165, 1.54) is 16.6 Å². The number of aromatic amines is 1. The molecule has 0 aliphatic carbocycles. The van der Waals surface area contributed by atoms with Crippen LogP contribution in [0.15, 0.2) is 17.2 Å². The minimum Gasteiger partial charge on any atom is -0.379 e. The fraction of sp³-hybridized carbons (Fsp3) is 0.706. The van der Waals surface area contributed by atoms with Crippen LogP contribution in [-0.2, 0) is 14.8 Å². The van der Waals surface area contributed by atoms with E-state index in [0.29, 0.717) is 38.5 Å². The number of morpholine rings is 1. The lowest BCUT2D eigenvalue weighted by Gasteiger charge is -2.39. The lowest BCUT2D eigenvalue weighted by Crippen LogP contribution is -2.44. The van der Waals surface area contributed by atoms with Gasteiger partial charge in [-0.05, 0) is 30.7 Å². The second-order valence-corrected chi connectivity index (χ2v) is 9.20. The Kier molecular flexibility index (Phi) is 5.22. The fourth-order valence-electron chi connectivity index (χ4n) is 3.53. The molecule has 1 unspecified atom stereocenters. The minimum atomic E-state index is -3.58. The maximum atomic E-state index is 12.8. The van der Waals surface area contributed by atoms with Crippen LogP contribution in [-0.4, -0.2) is 67.9 Å². The molecule has 1 N–H and O–H groups in total. The van der Waals surface area contributed by atoms with Gasteiger partial charge in [-0.15, -0.1) is 0 Å². The first-order chi connectivity index (χ1) is 11.9. The molecule has 0 radical (unpaired) electrons. The van der Waals surface area contributed by atoms with E-state index in [9.17, 15) is 13.2 Å². The van der Waals surface area contributed by atoms with Gasteiger partial charge in [0.05, 0.1) is 13.2 Å². The summed E-state index contributed by atoms with van der Waals surface area (Å²) in [6.45, 7) is 7.28. The second-order valence-electron chi connectivity index (χ2n) is 7.26. The number of ether oxygens (including phenoxy) is 1. The third-order valence-corrected chi connectivity index (χ3v) is 7.29. The Balaban J connectivity index is 1.75. The number of piperidine rings is 1. The maximum absolute atomic E-state index is 12.8. The van der Waals surface area contributed by atoms with Crippen LogP contribution >= 0.6 is 0 Å². The van der Waals surface area contributed by atoms with Crippen LogP contribution in [0.2, 0.25) is 0 Å². The topological polar surface area (TPSA) is 82.7 Å². The quantitative estimate of drug-likeness (QED) is 0.875. The van der Waals surface area contributed by atoms with Crippen molar-refractivity contribution in [2.75, 3.05) is 39.4 Å². The predicted octanol–water partition coefficient (Wildman–Crippen LogP) is 1.69. The summed E-state index contributed by atoms with van der Waals surface area (Å²) in [6, 6.07) is 1.46. The molecule has 2 aliphatic heterocycles. The monoisotopic (exact) mass is 369 g/mol. The highest BCUT2D eigenvalue weighted by Crippen LogP contribution is 2.33. The van der Waals surface area contributed by atoms with Crippen LogP contribution in [0.1, 0.15) is 43.6 Å². The lowest BCUT2D eigenvalue weighted by molar-refractivity contribution is 0.0538. The number of carbonyl (C=O) groups excluding carboxylic acids is 1. The zero-order valence-electron chi connectivity index (χ0n) is 15.0. The molecule has 8 heteroatoms. The van der Waals surface area contributed by atoms with Crippen LogP contribution < -0.4 is 0 Å². The molecule has 140 valence electrons. The van der Waals surface area contributed by atoms with E-state index in [4.69, 9.17) is 4.74 Å². The standard InChI is InChI=1S/C17H27N3O4S/c1-3-17(2)5-4-6-19(13-17)16(21)15-11-14(12-18-15)25(22,23)20-7-9-24-10-8-20/h11-12,18H,3-10,13H2,1-2H3. The van der Waals surface area contributed by atoms with E-state index in [0.717, 1.165) is 25.8 Å². The van der Waals surface area contributed by atoms with E-state index in [-0.39, 0.29) is 16.2 Å². The summed E-state index contributed by atoms with van der Waals surface area (Å²) in [5.41, 5.74) is 0.482. The van der Waals surface area contributed by atoms with E-state index < -0.39 is 10.0 Å². The fourth-order valence-corrected chi connectivity index (χ4v) is 4.93. The number of aromatic nitrogens is 1. The van der Waals surface area contributed by atoms with Gasteiger partial charge in [0, 0.05) is 32.4 Å². The average Bonchev–Trinajstić information content (AvgIpc) is 3.13. The summed E-state index contributed by atoms with van der Waals surface area (Å²) in [6.07, 6.45) is 4.55. The van der Waals surface area contributed by atoms with E-state index >= 15 is 0 Å². The molecule has 0 aromatic carbocycles. The molecule has 25 heavy (non-hydrogen) atoms. The Labute approximate surface area is 149 Å². The lowest BCUT2D eigenvalue weighted by atomic mass is 9.79. The summed E-state index contributed by atoms with van der Waals surface area (Å²) < 4.78 is 32.0. The first-order valence-electron chi connectivity index (χ1n) is 8.91. The summed E-state index contributed by atoms with van der Waals surface area (Å²) in [7, 11) is -3.58. The Bertz CT molecular complexity index is 724. The predicted molar refractivity (Wildman–Crippen MR) is 93.9 cm³/mol. The van der Waals surface area contributed by atoms with Gasteiger partial charge >= 0.3 is 0 Å². The molecule has 2 aliphatic rings.